The van der Waals surface area contributed by atoms with Crippen LogP contribution in [0.2, 0.25) is 0 Å². The first kappa shape index (κ1) is 14.8. The lowest BCUT2D eigenvalue weighted by Crippen LogP contribution is -2.40. The smallest absolute Gasteiger partial charge is 0.227 e. The minimum absolute atomic E-state index is 0.189. The Morgan fingerprint density at radius 1 is 1.40 bits per heavy atom. The number of hydrogen-bond donors (Lipinski definition) is 1. The molecular formula is C17H24N2O. The number of nitrogens with zero attached hydrogens (tertiary/aromatic N) is 1. The number of amides is 1. The zero-order valence-electron chi connectivity index (χ0n) is 12.4. The molecule has 0 spiro atoms. The van der Waals surface area contributed by atoms with Gasteiger partial charge in [0.25, 0.3) is 0 Å². The highest BCUT2D eigenvalue weighted by Crippen LogP contribution is 2.29. The molecule has 1 N–H and O–H groups in total. The predicted molar refractivity (Wildman–Crippen MR) is 83.3 cm³/mol. The van der Waals surface area contributed by atoms with Crippen molar-refractivity contribution in [1.29, 1.82) is 0 Å². The Hall–Kier alpha value is -1.61. The van der Waals surface area contributed by atoms with E-state index >= 15 is 0 Å². The monoisotopic (exact) mass is 272 g/mol. The molecule has 20 heavy (non-hydrogen) atoms. The van der Waals surface area contributed by atoms with Crippen molar-refractivity contribution >= 4 is 12.0 Å². The van der Waals surface area contributed by atoms with Gasteiger partial charge in [-0.25, -0.2) is 0 Å². The summed E-state index contributed by atoms with van der Waals surface area (Å²) < 4.78 is 0. The molecule has 0 bridgehead atoms. The average molecular weight is 272 g/mol. The van der Waals surface area contributed by atoms with Crippen LogP contribution in [0.15, 0.2) is 36.4 Å². The molecule has 0 aromatic heterocycles. The summed E-state index contributed by atoms with van der Waals surface area (Å²) in [5, 5.41) is 2.95. The molecule has 1 heterocycles. The zero-order chi connectivity index (χ0) is 14.4. The second kappa shape index (κ2) is 6.71. The van der Waals surface area contributed by atoms with Crippen molar-refractivity contribution < 1.29 is 4.79 Å². The first-order valence-corrected chi connectivity index (χ1v) is 7.36. The van der Waals surface area contributed by atoms with E-state index in [0.717, 1.165) is 26.1 Å². The van der Waals surface area contributed by atoms with E-state index in [1.54, 1.807) is 0 Å². The third-order valence-corrected chi connectivity index (χ3v) is 3.91. The van der Waals surface area contributed by atoms with Gasteiger partial charge in [-0.1, -0.05) is 42.5 Å². The van der Waals surface area contributed by atoms with Crippen molar-refractivity contribution in [2.45, 2.75) is 20.3 Å². The van der Waals surface area contributed by atoms with Gasteiger partial charge in [-0.3, -0.25) is 9.69 Å². The Labute approximate surface area is 121 Å². The van der Waals surface area contributed by atoms with E-state index in [0.29, 0.717) is 6.54 Å². The number of benzene rings is 1. The molecule has 1 unspecified atom stereocenters. The third-order valence-electron chi connectivity index (χ3n) is 3.91. The standard InChI is InChI=1S/C17H24N2O/c1-3-18-16(20)17(2)11-13-19(14-17)12-7-10-15-8-5-4-6-9-15/h4-10H,3,11-14H2,1-2H3,(H,18,20)/b10-7+. The highest BCUT2D eigenvalue weighted by Gasteiger charge is 2.39. The van der Waals surface area contributed by atoms with E-state index in [1.165, 1.54) is 5.56 Å². The van der Waals surface area contributed by atoms with Crippen LogP contribution in [0.3, 0.4) is 0 Å². The summed E-state index contributed by atoms with van der Waals surface area (Å²) in [7, 11) is 0. The number of carbonyl (C=O) groups is 1. The topological polar surface area (TPSA) is 32.3 Å². The molecule has 1 aliphatic rings. The molecule has 0 saturated carbocycles. The van der Waals surface area contributed by atoms with Crippen LogP contribution in [-0.2, 0) is 4.79 Å². The van der Waals surface area contributed by atoms with Gasteiger partial charge < -0.3 is 5.32 Å². The Morgan fingerprint density at radius 3 is 2.85 bits per heavy atom. The van der Waals surface area contributed by atoms with E-state index < -0.39 is 0 Å². The molecule has 2 rings (SSSR count). The fourth-order valence-electron chi connectivity index (χ4n) is 2.67. The van der Waals surface area contributed by atoms with E-state index in [1.807, 2.05) is 25.1 Å². The molecule has 1 aromatic carbocycles. The van der Waals surface area contributed by atoms with Crippen LogP contribution < -0.4 is 5.32 Å². The van der Waals surface area contributed by atoms with Gasteiger partial charge >= 0.3 is 0 Å². The first-order valence-electron chi connectivity index (χ1n) is 7.36. The van der Waals surface area contributed by atoms with Crippen molar-refractivity contribution in [3.8, 4) is 0 Å². The van der Waals surface area contributed by atoms with Gasteiger partial charge in [0.05, 0.1) is 5.41 Å². The molecule has 1 atom stereocenters. The number of rotatable bonds is 5. The molecule has 3 heteroatoms. The third kappa shape index (κ3) is 3.70. The van der Waals surface area contributed by atoms with Gasteiger partial charge in [0.15, 0.2) is 0 Å². The molecule has 1 amide bonds. The summed E-state index contributed by atoms with van der Waals surface area (Å²) in [6.45, 7) is 7.49. The Morgan fingerprint density at radius 2 is 2.15 bits per heavy atom. The summed E-state index contributed by atoms with van der Waals surface area (Å²) in [4.78, 5) is 14.4. The van der Waals surface area contributed by atoms with E-state index in [4.69, 9.17) is 0 Å². The predicted octanol–water partition coefficient (Wildman–Crippen LogP) is 2.55. The molecule has 0 aliphatic carbocycles. The summed E-state index contributed by atoms with van der Waals surface area (Å²) in [6.07, 6.45) is 5.26. The summed E-state index contributed by atoms with van der Waals surface area (Å²) in [6, 6.07) is 10.3. The molecule has 1 fully saturated rings. The normalized spacial score (nSPS) is 23.3. The fraction of sp³-hybridized carbons (Fsp3) is 0.471. The molecule has 1 saturated heterocycles. The number of hydrogen-bond acceptors (Lipinski definition) is 2. The maximum absolute atomic E-state index is 12.1. The van der Waals surface area contributed by atoms with Crippen molar-refractivity contribution in [2.75, 3.05) is 26.2 Å². The largest absolute Gasteiger partial charge is 0.356 e. The van der Waals surface area contributed by atoms with Crippen molar-refractivity contribution in [2.24, 2.45) is 5.41 Å². The van der Waals surface area contributed by atoms with Gasteiger partial charge in [0.2, 0.25) is 5.91 Å². The molecular weight excluding hydrogens is 248 g/mol. The maximum Gasteiger partial charge on any atom is 0.227 e. The zero-order valence-corrected chi connectivity index (χ0v) is 12.4. The molecule has 3 nitrogen and oxygen atoms in total. The van der Waals surface area contributed by atoms with Crippen molar-refractivity contribution in [3.63, 3.8) is 0 Å². The fourth-order valence-corrected chi connectivity index (χ4v) is 2.67. The average Bonchev–Trinajstić information content (AvgIpc) is 2.83. The lowest BCUT2D eigenvalue weighted by molar-refractivity contribution is -0.129. The summed E-state index contributed by atoms with van der Waals surface area (Å²) in [5.41, 5.74) is 0.995. The summed E-state index contributed by atoms with van der Waals surface area (Å²) >= 11 is 0. The molecule has 1 aliphatic heterocycles. The molecule has 108 valence electrons. The van der Waals surface area contributed by atoms with E-state index in [2.05, 4.69) is 41.4 Å². The highest BCUT2D eigenvalue weighted by molar-refractivity contribution is 5.82. The first-order chi connectivity index (χ1) is 9.64. The van der Waals surface area contributed by atoms with Gasteiger partial charge in [-0.15, -0.1) is 0 Å². The Bertz CT molecular complexity index is 469. The number of nitrogens with one attached hydrogen (secondary N) is 1. The molecule has 0 radical (unpaired) electrons. The van der Waals surface area contributed by atoms with Crippen LogP contribution in [0.5, 0.6) is 0 Å². The van der Waals surface area contributed by atoms with Gasteiger partial charge in [0.1, 0.15) is 0 Å². The Kier molecular flexibility index (Phi) is 4.96. The second-order valence-electron chi connectivity index (χ2n) is 5.72. The van der Waals surface area contributed by atoms with Crippen LogP contribution in [0.1, 0.15) is 25.8 Å². The number of likely N-dealkylation sites (tertiary alicyclic amines) is 1. The van der Waals surface area contributed by atoms with Crippen LogP contribution in [-0.4, -0.2) is 37.0 Å². The van der Waals surface area contributed by atoms with Crippen molar-refractivity contribution in [3.05, 3.63) is 42.0 Å². The van der Waals surface area contributed by atoms with Crippen LogP contribution in [0.4, 0.5) is 0 Å². The minimum Gasteiger partial charge on any atom is -0.356 e. The van der Waals surface area contributed by atoms with E-state index in [-0.39, 0.29) is 11.3 Å². The lowest BCUT2D eigenvalue weighted by Gasteiger charge is -2.22. The SMILES string of the molecule is CCNC(=O)C1(C)CCN(C/C=C/c2ccccc2)C1. The second-order valence-corrected chi connectivity index (χ2v) is 5.72. The van der Waals surface area contributed by atoms with Crippen LogP contribution in [0, 0.1) is 5.41 Å². The van der Waals surface area contributed by atoms with Crippen molar-refractivity contribution in [1.82, 2.24) is 10.2 Å². The van der Waals surface area contributed by atoms with Gasteiger partial charge in [-0.2, -0.15) is 0 Å². The summed E-state index contributed by atoms with van der Waals surface area (Å²) in [5.74, 6) is 0.189. The van der Waals surface area contributed by atoms with Gasteiger partial charge in [0, 0.05) is 19.6 Å². The lowest BCUT2D eigenvalue weighted by atomic mass is 9.89. The minimum atomic E-state index is -0.226. The molecule has 1 aromatic rings. The Balaban J connectivity index is 1.84. The van der Waals surface area contributed by atoms with E-state index in [9.17, 15) is 4.79 Å². The van der Waals surface area contributed by atoms with Crippen LogP contribution in [0.25, 0.3) is 6.08 Å². The van der Waals surface area contributed by atoms with Gasteiger partial charge in [-0.05, 0) is 32.4 Å². The maximum atomic E-state index is 12.1. The highest BCUT2D eigenvalue weighted by atomic mass is 16.2. The van der Waals surface area contributed by atoms with Crippen LogP contribution >= 0.6 is 0 Å². The quantitative estimate of drug-likeness (QED) is 0.893. The number of carbonyl (C=O) groups excluding carboxylic acids is 1.